The SMILES string of the molecule is CC(C)C[C@H](NC(=O)[C@H](Cc1ccc(O)cc1)NC(=O)[C@H](CO)NC(=O)[C@H](CO)NC(=O)[C@H](Cc1ccc(O)cc1)NC(=O)[C@H](Cc1c[nH]c2ccccc12)NC(=O)[C@@H](NC(=O)[C@@H](NC(=O)[C@@H](N)CCC(N)=O)C(C)C)C(C)C)C(=O)O. The van der Waals surface area contributed by atoms with E-state index in [0.29, 0.717) is 27.6 Å². The van der Waals surface area contributed by atoms with Crippen molar-refractivity contribution in [1.82, 2.24) is 47.5 Å². The molecule has 0 radical (unpaired) electrons. The summed E-state index contributed by atoms with van der Waals surface area (Å²) in [6.45, 7) is 7.87. The highest BCUT2D eigenvalue weighted by Crippen LogP contribution is 2.21. The van der Waals surface area contributed by atoms with Gasteiger partial charge >= 0.3 is 5.97 Å². The minimum absolute atomic E-state index is 0.0379. The summed E-state index contributed by atoms with van der Waals surface area (Å²) >= 11 is 0. The summed E-state index contributed by atoms with van der Waals surface area (Å²) in [7, 11) is 0. The Bertz CT molecular complexity index is 2860. The normalized spacial score (nSPS) is 14.6. The van der Waals surface area contributed by atoms with E-state index in [1.165, 1.54) is 48.5 Å². The summed E-state index contributed by atoms with van der Waals surface area (Å²) in [6.07, 6.45) is 0.667. The number of carboxylic acid groups (broad SMARTS) is 1. The van der Waals surface area contributed by atoms with E-state index in [1.807, 2.05) is 0 Å². The van der Waals surface area contributed by atoms with Crippen LogP contribution in [0.25, 0.3) is 10.9 Å². The number of para-hydroxylation sites is 1. The maximum atomic E-state index is 14.7. The zero-order valence-electron chi connectivity index (χ0n) is 46.6. The second kappa shape index (κ2) is 31.4. The fraction of sp³-hybridized carbons (Fsp3) is 0.464. The summed E-state index contributed by atoms with van der Waals surface area (Å²) in [6, 6.07) is 4.89. The highest BCUT2D eigenvalue weighted by Gasteiger charge is 2.37. The monoisotopic (exact) mass is 1140 g/mol. The average molecular weight is 1140 g/mol. The molecule has 1 heterocycles. The standard InChI is InChI=1S/C56H77N11O15/c1-28(2)21-42(56(81)82)63-49(74)39(22-31-11-15-34(70)16-12-31)61-52(77)43(26-68)65-53(78)44(27-69)64-50(75)40(23-32-13-17-35(71)18-14-32)60-51(76)41(24-33-25-59-38-10-8-7-9-36(33)38)62-54(79)46(29(3)4)67-55(80)47(30(5)6)66-48(73)37(57)19-20-45(58)72/h7-18,25,28-30,37,39-44,46-47,59,68-71H,19-24,26-27,57H2,1-6H3,(H2,58,72)(H,60,76)(H,61,77)(H,62,79)(H,63,74)(H,64,75)(H,65,78)(H,66,73)(H,67,80)(H,81,82)/t37-,39-,40-,41-,42-,43-,44-,46-,47-/m0/s1. The number of phenolic OH excluding ortho intramolecular Hbond substituents is 2. The lowest BCUT2D eigenvalue weighted by molar-refractivity contribution is -0.143. The summed E-state index contributed by atoms with van der Waals surface area (Å²) in [5.41, 5.74) is 13.2. The molecule has 0 aliphatic rings. The predicted octanol–water partition coefficient (Wildman–Crippen LogP) is -1.49. The molecule has 4 aromatic rings. The largest absolute Gasteiger partial charge is 0.508 e. The number of rotatable bonds is 32. The summed E-state index contributed by atoms with van der Waals surface area (Å²) in [5, 5.41) is 71.2. The van der Waals surface area contributed by atoms with Gasteiger partial charge in [-0.25, -0.2) is 4.79 Å². The van der Waals surface area contributed by atoms with E-state index in [2.05, 4.69) is 47.5 Å². The van der Waals surface area contributed by atoms with Crippen LogP contribution in [0, 0.1) is 17.8 Å². The van der Waals surface area contributed by atoms with Crippen molar-refractivity contribution in [1.29, 1.82) is 0 Å². The molecule has 0 saturated carbocycles. The first-order valence-corrected chi connectivity index (χ1v) is 26.7. The number of H-pyrrole nitrogens is 1. The van der Waals surface area contributed by atoms with Crippen LogP contribution in [0.1, 0.15) is 77.5 Å². The minimum atomic E-state index is -1.86. The van der Waals surface area contributed by atoms with Crippen LogP contribution in [0.15, 0.2) is 79.0 Å². The van der Waals surface area contributed by atoms with Gasteiger partial charge in [-0.1, -0.05) is 84.0 Å². The van der Waals surface area contributed by atoms with Crippen molar-refractivity contribution in [2.45, 2.75) is 134 Å². The lowest BCUT2D eigenvalue weighted by atomic mass is 9.98. The predicted molar refractivity (Wildman–Crippen MR) is 298 cm³/mol. The lowest BCUT2D eigenvalue weighted by Gasteiger charge is -2.29. The Kier molecular flexibility index (Phi) is 25.2. The first-order chi connectivity index (χ1) is 38.7. The van der Waals surface area contributed by atoms with Crippen LogP contribution in [-0.4, -0.2) is 157 Å². The third-order valence-electron chi connectivity index (χ3n) is 13.2. The molecule has 26 heteroatoms. The van der Waals surface area contributed by atoms with Crippen LogP contribution in [0.4, 0.5) is 0 Å². The van der Waals surface area contributed by atoms with E-state index < -0.39 is 139 Å². The first kappa shape index (κ1) is 65.9. The number of nitrogens with one attached hydrogen (secondary N) is 9. The number of carboxylic acids is 1. The van der Waals surface area contributed by atoms with Gasteiger partial charge in [0.2, 0.25) is 53.2 Å². The van der Waals surface area contributed by atoms with Gasteiger partial charge in [-0.05, 0) is 77.6 Å². The Labute approximate surface area is 473 Å². The topological polar surface area (TPSA) is 436 Å². The van der Waals surface area contributed by atoms with Crippen LogP contribution in [-0.2, 0) is 67.2 Å². The molecule has 0 bridgehead atoms. The van der Waals surface area contributed by atoms with Gasteiger partial charge in [0, 0.05) is 42.8 Å². The molecule has 82 heavy (non-hydrogen) atoms. The zero-order chi connectivity index (χ0) is 61.0. The Morgan fingerprint density at radius 2 is 0.890 bits per heavy atom. The third kappa shape index (κ3) is 20.2. The van der Waals surface area contributed by atoms with Crippen LogP contribution in [0.5, 0.6) is 11.5 Å². The van der Waals surface area contributed by atoms with E-state index in [-0.39, 0.29) is 55.9 Å². The molecule has 4 rings (SSSR count). The van der Waals surface area contributed by atoms with Crippen LogP contribution >= 0.6 is 0 Å². The number of aromatic nitrogens is 1. The van der Waals surface area contributed by atoms with Gasteiger partial charge < -0.3 is 84.5 Å². The van der Waals surface area contributed by atoms with Crippen molar-refractivity contribution in [2.24, 2.45) is 29.2 Å². The molecule has 0 aliphatic carbocycles. The lowest BCUT2D eigenvalue weighted by Crippen LogP contribution is -2.62. The molecule has 18 N–H and O–H groups in total. The van der Waals surface area contributed by atoms with E-state index in [4.69, 9.17) is 11.5 Å². The molecule has 26 nitrogen and oxygen atoms in total. The van der Waals surface area contributed by atoms with Gasteiger partial charge in [-0.15, -0.1) is 0 Å². The quantitative estimate of drug-likeness (QED) is 0.0265. The van der Waals surface area contributed by atoms with Crippen molar-refractivity contribution in [2.75, 3.05) is 13.2 Å². The number of amides is 9. The van der Waals surface area contributed by atoms with Gasteiger partial charge in [0.1, 0.15) is 59.8 Å². The van der Waals surface area contributed by atoms with E-state index >= 15 is 0 Å². The molecule has 9 amide bonds. The molecule has 3 aromatic carbocycles. The highest BCUT2D eigenvalue weighted by atomic mass is 16.4. The number of phenols is 2. The summed E-state index contributed by atoms with van der Waals surface area (Å²) in [4.78, 5) is 138. The maximum absolute atomic E-state index is 14.7. The number of aliphatic hydroxyl groups is 2. The van der Waals surface area contributed by atoms with Gasteiger partial charge in [0.05, 0.1) is 19.3 Å². The second-order valence-electron chi connectivity index (χ2n) is 21.1. The molecule has 446 valence electrons. The Morgan fingerprint density at radius 3 is 1.32 bits per heavy atom. The van der Waals surface area contributed by atoms with Gasteiger partial charge in [0.25, 0.3) is 0 Å². The molecule has 0 spiro atoms. The zero-order valence-corrected chi connectivity index (χ0v) is 46.6. The smallest absolute Gasteiger partial charge is 0.326 e. The van der Waals surface area contributed by atoms with Crippen molar-refractivity contribution in [3.05, 3.63) is 95.7 Å². The van der Waals surface area contributed by atoms with Crippen molar-refractivity contribution in [3.8, 4) is 11.5 Å². The van der Waals surface area contributed by atoms with E-state index in [9.17, 15) is 73.5 Å². The molecule has 0 saturated heterocycles. The first-order valence-electron chi connectivity index (χ1n) is 26.7. The van der Waals surface area contributed by atoms with E-state index in [0.717, 1.165) is 0 Å². The van der Waals surface area contributed by atoms with Crippen molar-refractivity contribution < 1.29 is 73.5 Å². The number of aromatic amines is 1. The molecule has 0 aliphatic heterocycles. The highest BCUT2D eigenvalue weighted by molar-refractivity contribution is 5.99. The van der Waals surface area contributed by atoms with Gasteiger partial charge in [0.15, 0.2) is 0 Å². The minimum Gasteiger partial charge on any atom is -0.508 e. The number of carbonyl (C=O) groups is 10. The molecule has 0 unspecified atom stereocenters. The van der Waals surface area contributed by atoms with Crippen molar-refractivity contribution in [3.63, 3.8) is 0 Å². The molecular weight excluding hydrogens is 1070 g/mol. The number of aliphatic carboxylic acids is 1. The second-order valence-corrected chi connectivity index (χ2v) is 21.1. The van der Waals surface area contributed by atoms with Crippen molar-refractivity contribution >= 4 is 70.0 Å². The molecule has 0 fully saturated rings. The van der Waals surface area contributed by atoms with Gasteiger partial charge in [-0.2, -0.15) is 0 Å². The van der Waals surface area contributed by atoms with Crippen LogP contribution in [0.2, 0.25) is 0 Å². The number of benzene rings is 3. The molecule has 1 aromatic heterocycles. The van der Waals surface area contributed by atoms with Crippen LogP contribution in [0.3, 0.4) is 0 Å². The number of hydrogen-bond acceptors (Lipinski definition) is 15. The summed E-state index contributed by atoms with van der Waals surface area (Å²) in [5.74, 6) is -11.1. The number of aliphatic hydroxyl groups excluding tert-OH is 2. The number of aromatic hydroxyl groups is 2. The summed E-state index contributed by atoms with van der Waals surface area (Å²) < 4.78 is 0. The average Bonchev–Trinajstić information content (AvgIpc) is 3.99. The Morgan fingerprint density at radius 1 is 0.500 bits per heavy atom. The number of hydrogen-bond donors (Lipinski definition) is 16. The molecule has 9 atom stereocenters. The number of fused-ring (bicyclic) bond motifs is 1. The fourth-order valence-electron chi connectivity index (χ4n) is 8.59. The Balaban J connectivity index is 1.61. The Hall–Kier alpha value is -8.62. The number of nitrogens with two attached hydrogens (primary N) is 2. The number of primary amides is 1. The van der Waals surface area contributed by atoms with Gasteiger partial charge in [-0.3, -0.25) is 43.2 Å². The van der Waals surface area contributed by atoms with E-state index in [1.54, 1.807) is 72.0 Å². The fourth-order valence-corrected chi connectivity index (χ4v) is 8.59. The number of carbonyl (C=O) groups excluding carboxylic acids is 9. The molecular formula is C56H77N11O15. The maximum Gasteiger partial charge on any atom is 0.326 e. The third-order valence-corrected chi connectivity index (χ3v) is 13.2. The van der Waals surface area contributed by atoms with Crippen LogP contribution < -0.4 is 54.0 Å².